The SMILES string of the molecule is CC1(C)Oc2ccccc2-c2nc(C3COCCN3)sc21. The van der Waals surface area contributed by atoms with Gasteiger partial charge in [0, 0.05) is 12.1 Å². The summed E-state index contributed by atoms with van der Waals surface area (Å²) in [5.74, 6) is 0.916. The summed E-state index contributed by atoms with van der Waals surface area (Å²) in [6.45, 7) is 6.56. The number of fused-ring (bicyclic) bond motifs is 3. The molecule has 1 atom stereocenters. The number of benzene rings is 1. The maximum absolute atomic E-state index is 6.17. The molecule has 21 heavy (non-hydrogen) atoms. The third-order valence-corrected chi connectivity index (χ3v) is 5.39. The van der Waals surface area contributed by atoms with Gasteiger partial charge in [0.1, 0.15) is 16.4 Å². The lowest BCUT2D eigenvalue weighted by Gasteiger charge is -2.31. The Labute approximate surface area is 128 Å². The molecule has 2 aliphatic heterocycles. The van der Waals surface area contributed by atoms with E-state index in [4.69, 9.17) is 14.5 Å². The Morgan fingerprint density at radius 2 is 2.19 bits per heavy atom. The van der Waals surface area contributed by atoms with Crippen molar-refractivity contribution in [1.82, 2.24) is 10.3 Å². The molecule has 0 saturated carbocycles. The van der Waals surface area contributed by atoms with Crippen molar-refractivity contribution in [2.75, 3.05) is 19.8 Å². The van der Waals surface area contributed by atoms with E-state index in [1.165, 1.54) is 4.88 Å². The Balaban J connectivity index is 1.82. The van der Waals surface area contributed by atoms with Crippen LogP contribution in [0, 0.1) is 0 Å². The zero-order valence-corrected chi connectivity index (χ0v) is 13.0. The fourth-order valence-electron chi connectivity index (χ4n) is 2.87. The van der Waals surface area contributed by atoms with Gasteiger partial charge >= 0.3 is 0 Å². The second kappa shape index (κ2) is 4.80. The average Bonchev–Trinajstić information content (AvgIpc) is 2.94. The van der Waals surface area contributed by atoms with E-state index in [2.05, 4.69) is 25.2 Å². The van der Waals surface area contributed by atoms with Gasteiger partial charge in [0.05, 0.1) is 29.8 Å². The van der Waals surface area contributed by atoms with Gasteiger partial charge in [0.15, 0.2) is 0 Å². The van der Waals surface area contributed by atoms with Crippen molar-refractivity contribution in [3.8, 4) is 17.0 Å². The van der Waals surface area contributed by atoms with E-state index in [0.717, 1.165) is 35.2 Å². The highest BCUT2D eigenvalue weighted by molar-refractivity contribution is 7.12. The molecule has 5 heteroatoms. The van der Waals surface area contributed by atoms with Gasteiger partial charge in [0.2, 0.25) is 0 Å². The molecular formula is C16H18N2O2S. The summed E-state index contributed by atoms with van der Waals surface area (Å²) in [5.41, 5.74) is 1.81. The lowest BCUT2D eigenvalue weighted by atomic mass is 9.97. The Morgan fingerprint density at radius 3 is 3.00 bits per heavy atom. The zero-order valence-electron chi connectivity index (χ0n) is 12.2. The molecule has 0 radical (unpaired) electrons. The highest BCUT2D eigenvalue weighted by Gasteiger charge is 2.37. The van der Waals surface area contributed by atoms with E-state index in [-0.39, 0.29) is 11.6 Å². The first-order valence-electron chi connectivity index (χ1n) is 7.26. The Kier molecular flexibility index (Phi) is 3.03. The highest BCUT2D eigenvalue weighted by Crippen LogP contribution is 2.47. The molecule has 3 heterocycles. The van der Waals surface area contributed by atoms with Crippen LogP contribution < -0.4 is 10.1 Å². The summed E-state index contributed by atoms with van der Waals surface area (Å²) >= 11 is 1.73. The van der Waals surface area contributed by atoms with E-state index < -0.39 is 0 Å². The Morgan fingerprint density at radius 1 is 1.33 bits per heavy atom. The number of rotatable bonds is 1. The fourth-order valence-corrected chi connectivity index (χ4v) is 4.05. The van der Waals surface area contributed by atoms with Crippen LogP contribution in [-0.2, 0) is 10.3 Å². The first-order valence-corrected chi connectivity index (χ1v) is 8.07. The molecule has 1 saturated heterocycles. The topological polar surface area (TPSA) is 43.4 Å². The molecule has 4 rings (SSSR count). The predicted molar refractivity (Wildman–Crippen MR) is 82.8 cm³/mol. The molecule has 110 valence electrons. The van der Waals surface area contributed by atoms with E-state index >= 15 is 0 Å². The quantitative estimate of drug-likeness (QED) is 0.879. The van der Waals surface area contributed by atoms with Crippen LogP contribution in [-0.4, -0.2) is 24.7 Å². The summed E-state index contributed by atoms with van der Waals surface area (Å²) in [5, 5.41) is 4.57. The third kappa shape index (κ3) is 2.16. The molecule has 0 amide bonds. The average molecular weight is 302 g/mol. The summed E-state index contributed by atoms with van der Waals surface area (Å²) in [6.07, 6.45) is 0. The second-order valence-electron chi connectivity index (χ2n) is 5.92. The first kappa shape index (κ1) is 13.2. The van der Waals surface area contributed by atoms with Crippen molar-refractivity contribution in [1.29, 1.82) is 0 Å². The largest absolute Gasteiger partial charge is 0.482 e. The van der Waals surface area contributed by atoms with Gasteiger partial charge in [-0.25, -0.2) is 4.98 Å². The van der Waals surface area contributed by atoms with Crippen molar-refractivity contribution in [2.24, 2.45) is 0 Å². The molecule has 2 aromatic rings. The minimum atomic E-state index is -0.338. The lowest BCUT2D eigenvalue weighted by Crippen LogP contribution is -2.34. The molecule has 1 N–H and O–H groups in total. The minimum absolute atomic E-state index is 0.192. The smallest absolute Gasteiger partial charge is 0.140 e. The van der Waals surface area contributed by atoms with Gasteiger partial charge in [-0.05, 0) is 26.0 Å². The van der Waals surface area contributed by atoms with Crippen LogP contribution in [0.1, 0.15) is 29.8 Å². The van der Waals surface area contributed by atoms with E-state index in [9.17, 15) is 0 Å². The molecule has 1 aromatic carbocycles. The van der Waals surface area contributed by atoms with Gasteiger partial charge in [-0.3, -0.25) is 0 Å². The Hall–Kier alpha value is -1.43. The van der Waals surface area contributed by atoms with Crippen molar-refractivity contribution in [3.63, 3.8) is 0 Å². The number of hydrogen-bond donors (Lipinski definition) is 1. The van der Waals surface area contributed by atoms with E-state index in [1.807, 2.05) is 18.2 Å². The standard InChI is InChI=1S/C16H18N2O2S/c1-16(2)14-13(10-5-3-4-6-12(10)20-16)18-15(21-14)11-9-19-8-7-17-11/h3-6,11,17H,7-9H2,1-2H3. The number of nitrogens with zero attached hydrogens (tertiary/aromatic N) is 1. The van der Waals surface area contributed by atoms with Crippen molar-refractivity contribution in [2.45, 2.75) is 25.5 Å². The van der Waals surface area contributed by atoms with Crippen molar-refractivity contribution >= 4 is 11.3 Å². The van der Waals surface area contributed by atoms with Gasteiger partial charge in [-0.1, -0.05) is 12.1 Å². The van der Waals surface area contributed by atoms with Crippen LogP contribution in [0.25, 0.3) is 11.3 Å². The normalized spacial score (nSPS) is 23.0. The molecule has 1 aromatic heterocycles. The van der Waals surface area contributed by atoms with Crippen LogP contribution in [0.3, 0.4) is 0 Å². The zero-order chi connectivity index (χ0) is 14.4. The predicted octanol–water partition coefficient (Wildman–Crippen LogP) is 3.10. The summed E-state index contributed by atoms with van der Waals surface area (Å²) in [4.78, 5) is 6.11. The van der Waals surface area contributed by atoms with Gasteiger partial charge < -0.3 is 14.8 Å². The van der Waals surface area contributed by atoms with E-state index in [1.54, 1.807) is 11.3 Å². The minimum Gasteiger partial charge on any atom is -0.482 e. The molecule has 2 aliphatic rings. The number of ether oxygens (including phenoxy) is 2. The van der Waals surface area contributed by atoms with Crippen LogP contribution in [0.5, 0.6) is 5.75 Å². The van der Waals surface area contributed by atoms with Gasteiger partial charge in [-0.15, -0.1) is 11.3 Å². The van der Waals surface area contributed by atoms with Crippen LogP contribution in [0.2, 0.25) is 0 Å². The number of nitrogens with one attached hydrogen (secondary N) is 1. The second-order valence-corrected chi connectivity index (χ2v) is 6.95. The van der Waals surface area contributed by atoms with Crippen LogP contribution >= 0.6 is 11.3 Å². The maximum atomic E-state index is 6.17. The summed E-state index contributed by atoms with van der Waals surface area (Å²) in [6, 6.07) is 8.32. The van der Waals surface area contributed by atoms with Crippen molar-refractivity contribution in [3.05, 3.63) is 34.2 Å². The van der Waals surface area contributed by atoms with Crippen molar-refractivity contribution < 1.29 is 9.47 Å². The first-order chi connectivity index (χ1) is 10.1. The molecule has 4 nitrogen and oxygen atoms in total. The fraction of sp³-hybridized carbons (Fsp3) is 0.438. The number of para-hydroxylation sites is 1. The Bertz CT molecular complexity index is 675. The number of hydrogen-bond acceptors (Lipinski definition) is 5. The number of morpholine rings is 1. The van der Waals surface area contributed by atoms with Gasteiger partial charge in [0.25, 0.3) is 0 Å². The number of thiazole rings is 1. The maximum Gasteiger partial charge on any atom is 0.140 e. The highest BCUT2D eigenvalue weighted by atomic mass is 32.1. The molecule has 0 aliphatic carbocycles. The van der Waals surface area contributed by atoms with Crippen LogP contribution in [0.15, 0.2) is 24.3 Å². The monoisotopic (exact) mass is 302 g/mol. The summed E-state index contributed by atoms with van der Waals surface area (Å²) < 4.78 is 11.7. The lowest BCUT2D eigenvalue weighted by molar-refractivity contribution is 0.0768. The molecular weight excluding hydrogens is 284 g/mol. The number of aromatic nitrogens is 1. The van der Waals surface area contributed by atoms with Crippen LogP contribution in [0.4, 0.5) is 0 Å². The third-order valence-electron chi connectivity index (χ3n) is 3.92. The van der Waals surface area contributed by atoms with E-state index in [0.29, 0.717) is 6.61 Å². The van der Waals surface area contributed by atoms with Gasteiger partial charge in [-0.2, -0.15) is 0 Å². The molecule has 1 fully saturated rings. The molecule has 1 unspecified atom stereocenters. The molecule has 0 spiro atoms. The summed E-state index contributed by atoms with van der Waals surface area (Å²) in [7, 11) is 0. The molecule has 0 bridgehead atoms.